The molecule has 0 amide bonds. The molecule has 0 unspecified atom stereocenters. The van der Waals surface area contributed by atoms with Crippen molar-refractivity contribution in [2.45, 2.75) is 0 Å². The third-order valence-corrected chi connectivity index (χ3v) is 2.22. The number of nitrogens with zero attached hydrogens (tertiary/aromatic N) is 1. The number of oxime groups is 1. The van der Waals surface area contributed by atoms with Gasteiger partial charge in [-0.05, 0) is 28.1 Å². The summed E-state index contributed by atoms with van der Waals surface area (Å²) in [5, 5.41) is 11.4. The Morgan fingerprint density at radius 1 is 1.62 bits per heavy atom. The Morgan fingerprint density at radius 3 is 2.85 bits per heavy atom. The molecule has 0 aromatic heterocycles. The van der Waals surface area contributed by atoms with Gasteiger partial charge < -0.3 is 15.7 Å². The van der Waals surface area contributed by atoms with Crippen LogP contribution in [-0.4, -0.2) is 18.2 Å². The molecule has 0 heterocycles. The maximum atomic E-state index is 8.52. The maximum absolute atomic E-state index is 8.52. The Kier molecular flexibility index (Phi) is 3.13. The highest BCUT2D eigenvalue weighted by molar-refractivity contribution is 9.10. The first-order chi connectivity index (χ1) is 6.20. The highest BCUT2D eigenvalue weighted by atomic mass is 79.9. The van der Waals surface area contributed by atoms with Crippen molar-refractivity contribution < 1.29 is 9.94 Å². The molecule has 13 heavy (non-hydrogen) atoms. The Labute approximate surface area is 84.1 Å². The van der Waals surface area contributed by atoms with E-state index in [0.29, 0.717) is 11.3 Å². The molecular formula is C8H9BrN2O2. The SMILES string of the molecule is COc1cccc(Br)c1/C(N)=N/O. The summed E-state index contributed by atoms with van der Waals surface area (Å²) in [5.41, 5.74) is 6.01. The van der Waals surface area contributed by atoms with Crippen LogP contribution >= 0.6 is 15.9 Å². The van der Waals surface area contributed by atoms with E-state index in [2.05, 4.69) is 21.1 Å². The average Bonchev–Trinajstić information content (AvgIpc) is 2.16. The van der Waals surface area contributed by atoms with Crippen molar-refractivity contribution in [3.8, 4) is 5.75 Å². The molecule has 0 atom stereocenters. The number of hydrogen-bond acceptors (Lipinski definition) is 3. The Bertz CT molecular complexity index is 339. The topological polar surface area (TPSA) is 67.8 Å². The third-order valence-electron chi connectivity index (χ3n) is 1.56. The lowest BCUT2D eigenvalue weighted by Crippen LogP contribution is -2.15. The summed E-state index contributed by atoms with van der Waals surface area (Å²) >= 11 is 3.28. The predicted octanol–water partition coefficient (Wildman–Crippen LogP) is 1.55. The summed E-state index contributed by atoms with van der Waals surface area (Å²) in [6.45, 7) is 0. The fourth-order valence-corrected chi connectivity index (χ4v) is 1.52. The third kappa shape index (κ3) is 1.92. The number of methoxy groups -OCH3 is 1. The lowest BCUT2D eigenvalue weighted by atomic mass is 10.2. The number of rotatable bonds is 2. The van der Waals surface area contributed by atoms with E-state index in [1.807, 2.05) is 0 Å². The second-order valence-electron chi connectivity index (χ2n) is 2.30. The van der Waals surface area contributed by atoms with Crippen LogP contribution in [0.3, 0.4) is 0 Å². The molecule has 3 N–H and O–H groups in total. The van der Waals surface area contributed by atoms with E-state index >= 15 is 0 Å². The van der Waals surface area contributed by atoms with E-state index in [1.165, 1.54) is 7.11 Å². The zero-order valence-corrected chi connectivity index (χ0v) is 8.58. The fourth-order valence-electron chi connectivity index (χ4n) is 0.973. The molecule has 70 valence electrons. The molecule has 0 radical (unpaired) electrons. The van der Waals surface area contributed by atoms with Gasteiger partial charge in [-0.15, -0.1) is 0 Å². The standard InChI is InChI=1S/C8H9BrN2O2/c1-13-6-4-2-3-5(9)7(6)8(10)11-12/h2-4,12H,1H3,(H2,10,11). The Hall–Kier alpha value is -1.23. The van der Waals surface area contributed by atoms with E-state index in [1.54, 1.807) is 18.2 Å². The number of benzene rings is 1. The molecule has 4 nitrogen and oxygen atoms in total. The molecule has 1 aromatic rings. The molecule has 0 aliphatic carbocycles. The summed E-state index contributed by atoms with van der Waals surface area (Å²) < 4.78 is 5.77. The molecule has 0 bridgehead atoms. The van der Waals surface area contributed by atoms with Crippen molar-refractivity contribution in [2.24, 2.45) is 10.9 Å². The molecule has 0 fully saturated rings. The van der Waals surface area contributed by atoms with Gasteiger partial charge in [0.1, 0.15) is 5.75 Å². The number of hydrogen-bond donors (Lipinski definition) is 2. The normalized spacial score (nSPS) is 11.4. The fraction of sp³-hybridized carbons (Fsp3) is 0.125. The summed E-state index contributed by atoms with van der Waals surface area (Å²) in [5.74, 6) is 0.578. The zero-order chi connectivity index (χ0) is 9.84. The first kappa shape index (κ1) is 9.85. The van der Waals surface area contributed by atoms with Crippen LogP contribution in [0, 0.1) is 0 Å². The van der Waals surface area contributed by atoms with Gasteiger partial charge in [-0.25, -0.2) is 0 Å². The van der Waals surface area contributed by atoms with Gasteiger partial charge in [-0.3, -0.25) is 0 Å². The first-order valence-corrected chi connectivity index (χ1v) is 4.30. The highest BCUT2D eigenvalue weighted by Gasteiger charge is 2.10. The van der Waals surface area contributed by atoms with Gasteiger partial charge in [0.15, 0.2) is 5.84 Å². The van der Waals surface area contributed by atoms with Crippen molar-refractivity contribution in [2.75, 3.05) is 7.11 Å². The molecule has 0 saturated heterocycles. The number of halogens is 1. The summed E-state index contributed by atoms with van der Waals surface area (Å²) in [4.78, 5) is 0. The molecular weight excluding hydrogens is 236 g/mol. The van der Waals surface area contributed by atoms with Crippen molar-refractivity contribution in [3.05, 3.63) is 28.2 Å². The van der Waals surface area contributed by atoms with E-state index < -0.39 is 0 Å². The molecule has 0 spiro atoms. The summed E-state index contributed by atoms with van der Waals surface area (Å²) in [7, 11) is 1.52. The van der Waals surface area contributed by atoms with Crippen LogP contribution in [0.25, 0.3) is 0 Å². The van der Waals surface area contributed by atoms with Gasteiger partial charge in [0, 0.05) is 4.47 Å². The Morgan fingerprint density at radius 2 is 2.31 bits per heavy atom. The van der Waals surface area contributed by atoms with Gasteiger partial charge in [0.2, 0.25) is 0 Å². The minimum absolute atomic E-state index is 0.0179. The minimum atomic E-state index is 0.0179. The van der Waals surface area contributed by atoms with Crippen molar-refractivity contribution in [1.29, 1.82) is 0 Å². The number of ether oxygens (including phenoxy) is 1. The Balaban J connectivity index is 3.31. The minimum Gasteiger partial charge on any atom is -0.496 e. The molecule has 0 saturated carbocycles. The van der Waals surface area contributed by atoms with Crippen LogP contribution in [0.4, 0.5) is 0 Å². The van der Waals surface area contributed by atoms with Crippen LogP contribution in [-0.2, 0) is 0 Å². The van der Waals surface area contributed by atoms with Crippen LogP contribution in [0.1, 0.15) is 5.56 Å². The lowest BCUT2D eigenvalue weighted by Gasteiger charge is -2.08. The molecule has 1 aromatic carbocycles. The van der Waals surface area contributed by atoms with Gasteiger partial charge >= 0.3 is 0 Å². The van der Waals surface area contributed by atoms with E-state index in [4.69, 9.17) is 15.7 Å². The van der Waals surface area contributed by atoms with E-state index in [9.17, 15) is 0 Å². The van der Waals surface area contributed by atoms with Crippen LogP contribution in [0.5, 0.6) is 5.75 Å². The van der Waals surface area contributed by atoms with E-state index in [-0.39, 0.29) is 5.84 Å². The molecule has 0 aliphatic heterocycles. The van der Waals surface area contributed by atoms with Crippen molar-refractivity contribution in [1.82, 2.24) is 0 Å². The second kappa shape index (κ2) is 4.13. The van der Waals surface area contributed by atoms with Crippen LogP contribution in [0.2, 0.25) is 0 Å². The van der Waals surface area contributed by atoms with Gasteiger partial charge in [-0.1, -0.05) is 11.2 Å². The largest absolute Gasteiger partial charge is 0.496 e. The maximum Gasteiger partial charge on any atom is 0.174 e. The van der Waals surface area contributed by atoms with Crippen molar-refractivity contribution in [3.63, 3.8) is 0 Å². The molecule has 0 aliphatic rings. The number of nitrogens with two attached hydrogens (primary N) is 1. The molecule has 1 rings (SSSR count). The molecule has 5 heteroatoms. The van der Waals surface area contributed by atoms with Crippen molar-refractivity contribution >= 4 is 21.8 Å². The summed E-state index contributed by atoms with van der Waals surface area (Å²) in [6, 6.07) is 5.32. The quantitative estimate of drug-likeness (QED) is 0.359. The smallest absolute Gasteiger partial charge is 0.174 e. The summed E-state index contributed by atoms with van der Waals surface area (Å²) in [6.07, 6.45) is 0. The highest BCUT2D eigenvalue weighted by Crippen LogP contribution is 2.25. The number of amidine groups is 1. The second-order valence-corrected chi connectivity index (χ2v) is 3.16. The van der Waals surface area contributed by atoms with E-state index in [0.717, 1.165) is 4.47 Å². The first-order valence-electron chi connectivity index (χ1n) is 3.51. The monoisotopic (exact) mass is 244 g/mol. The average molecular weight is 245 g/mol. The van der Waals surface area contributed by atoms with Crippen LogP contribution < -0.4 is 10.5 Å². The van der Waals surface area contributed by atoms with Gasteiger partial charge in [0.25, 0.3) is 0 Å². The van der Waals surface area contributed by atoms with Gasteiger partial charge in [0.05, 0.1) is 12.7 Å². The predicted molar refractivity (Wildman–Crippen MR) is 53.2 cm³/mol. The van der Waals surface area contributed by atoms with Crippen LogP contribution in [0.15, 0.2) is 27.8 Å². The lowest BCUT2D eigenvalue weighted by molar-refractivity contribution is 0.318. The zero-order valence-electron chi connectivity index (χ0n) is 6.99. The van der Waals surface area contributed by atoms with Gasteiger partial charge in [-0.2, -0.15) is 0 Å².